The second kappa shape index (κ2) is 10.00. The first kappa shape index (κ1) is 20.8. The molecule has 4 rings (SSSR count). The number of thiocarbonyl (C=S) groups is 1. The molecule has 4 nitrogen and oxygen atoms in total. The van der Waals surface area contributed by atoms with E-state index >= 15 is 0 Å². The number of fused-ring (bicyclic) bond motifs is 1. The van der Waals surface area contributed by atoms with Crippen LogP contribution in [0, 0.1) is 5.82 Å². The number of hydrogen-bond donors (Lipinski definition) is 3. The molecule has 6 heteroatoms. The van der Waals surface area contributed by atoms with Crippen LogP contribution in [0.3, 0.4) is 0 Å². The van der Waals surface area contributed by atoms with Gasteiger partial charge in [-0.15, -0.1) is 0 Å². The summed E-state index contributed by atoms with van der Waals surface area (Å²) in [7, 11) is 0. The molecular formula is C25H23FN4S. The Labute approximate surface area is 186 Å². The minimum atomic E-state index is -0.209. The molecule has 3 aromatic carbocycles. The van der Waals surface area contributed by atoms with E-state index in [0.29, 0.717) is 5.11 Å². The molecule has 0 radical (unpaired) electrons. The van der Waals surface area contributed by atoms with Crippen LogP contribution >= 0.6 is 12.2 Å². The molecule has 4 aromatic rings. The van der Waals surface area contributed by atoms with Crippen LogP contribution in [0.15, 0.2) is 85.1 Å². The maximum atomic E-state index is 12.9. The highest BCUT2D eigenvalue weighted by molar-refractivity contribution is 7.80. The molecule has 0 bridgehead atoms. The van der Waals surface area contributed by atoms with Crippen molar-refractivity contribution in [2.75, 3.05) is 17.2 Å². The Morgan fingerprint density at radius 2 is 1.65 bits per heavy atom. The molecule has 0 saturated carbocycles. The summed E-state index contributed by atoms with van der Waals surface area (Å²) in [4.78, 5) is 4.46. The number of nitrogens with one attached hydrogen (secondary N) is 3. The van der Waals surface area contributed by atoms with Crippen molar-refractivity contribution >= 4 is 45.3 Å². The van der Waals surface area contributed by atoms with Crippen molar-refractivity contribution in [2.45, 2.75) is 12.8 Å². The van der Waals surface area contributed by atoms with E-state index in [1.807, 2.05) is 42.5 Å². The molecule has 3 N–H and O–H groups in total. The highest BCUT2D eigenvalue weighted by atomic mass is 32.1. The van der Waals surface area contributed by atoms with Crippen molar-refractivity contribution in [3.05, 3.63) is 96.4 Å². The molecule has 0 fully saturated rings. The molecule has 0 aliphatic heterocycles. The Balaban J connectivity index is 1.23. The monoisotopic (exact) mass is 430 g/mol. The summed E-state index contributed by atoms with van der Waals surface area (Å²) in [5.74, 6) is 0.554. The van der Waals surface area contributed by atoms with E-state index in [4.69, 9.17) is 12.2 Å². The Hall–Kier alpha value is -3.51. The van der Waals surface area contributed by atoms with E-state index in [-0.39, 0.29) is 5.82 Å². The molecule has 0 unspecified atom stereocenters. The SMILES string of the molecule is Fc1ccc(CCCNC(=S)Nc2ccc(Nc3ccc4ccccc4c3)nc2)cc1. The van der Waals surface area contributed by atoms with Crippen LogP contribution in [-0.4, -0.2) is 16.6 Å². The highest BCUT2D eigenvalue weighted by Crippen LogP contribution is 2.22. The molecule has 31 heavy (non-hydrogen) atoms. The molecule has 1 heterocycles. The van der Waals surface area contributed by atoms with Gasteiger partial charge in [0, 0.05) is 12.2 Å². The number of pyridine rings is 1. The number of aromatic nitrogens is 1. The summed E-state index contributed by atoms with van der Waals surface area (Å²) in [6.07, 6.45) is 3.52. The van der Waals surface area contributed by atoms with Crippen LogP contribution in [0.5, 0.6) is 0 Å². The summed E-state index contributed by atoms with van der Waals surface area (Å²) in [5, 5.41) is 12.6. The van der Waals surface area contributed by atoms with Crippen LogP contribution < -0.4 is 16.0 Å². The van der Waals surface area contributed by atoms with Crippen molar-refractivity contribution in [1.82, 2.24) is 10.3 Å². The number of halogens is 1. The summed E-state index contributed by atoms with van der Waals surface area (Å²) in [6, 6.07) is 24.9. The fourth-order valence-electron chi connectivity index (χ4n) is 3.28. The number of hydrogen-bond acceptors (Lipinski definition) is 3. The largest absolute Gasteiger partial charge is 0.362 e. The number of aryl methyl sites for hydroxylation is 1. The van der Waals surface area contributed by atoms with Gasteiger partial charge < -0.3 is 16.0 Å². The number of rotatable bonds is 7. The zero-order chi connectivity index (χ0) is 21.5. The van der Waals surface area contributed by atoms with Crippen molar-refractivity contribution in [1.29, 1.82) is 0 Å². The molecule has 1 aromatic heterocycles. The molecule has 0 aliphatic carbocycles. The van der Waals surface area contributed by atoms with E-state index in [2.05, 4.69) is 45.2 Å². The Kier molecular flexibility index (Phi) is 6.69. The van der Waals surface area contributed by atoms with E-state index < -0.39 is 0 Å². The fourth-order valence-corrected chi connectivity index (χ4v) is 3.50. The number of anilines is 3. The molecule has 0 spiro atoms. The average Bonchev–Trinajstić information content (AvgIpc) is 2.79. The van der Waals surface area contributed by atoms with Crippen LogP contribution in [0.2, 0.25) is 0 Å². The Bertz CT molecular complexity index is 1160. The summed E-state index contributed by atoms with van der Waals surface area (Å²) >= 11 is 5.35. The normalized spacial score (nSPS) is 10.6. The lowest BCUT2D eigenvalue weighted by Crippen LogP contribution is -2.29. The predicted molar refractivity (Wildman–Crippen MR) is 130 cm³/mol. The molecule has 0 atom stereocenters. The standard InChI is InChI=1S/C25H23FN4S/c26-21-10-7-18(8-11-21)4-3-15-27-25(31)30-23-13-14-24(28-17-23)29-22-12-9-19-5-1-2-6-20(19)16-22/h1-2,5-14,16-17H,3-4,15H2,(H,28,29)(H2,27,30,31). The van der Waals surface area contributed by atoms with E-state index in [0.717, 1.165) is 42.1 Å². The van der Waals surface area contributed by atoms with E-state index in [9.17, 15) is 4.39 Å². The predicted octanol–water partition coefficient (Wildman–Crippen LogP) is 6.04. The van der Waals surface area contributed by atoms with Gasteiger partial charge in [0.15, 0.2) is 5.11 Å². The van der Waals surface area contributed by atoms with Gasteiger partial charge in [-0.25, -0.2) is 9.37 Å². The third-order valence-electron chi connectivity index (χ3n) is 4.88. The van der Waals surface area contributed by atoms with Gasteiger partial charge in [0.25, 0.3) is 0 Å². The zero-order valence-corrected chi connectivity index (χ0v) is 17.8. The van der Waals surface area contributed by atoms with Gasteiger partial charge in [0.1, 0.15) is 11.6 Å². The van der Waals surface area contributed by atoms with Crippen LogP contribution in [0.1, 0.15) is 12.0 Å². The van der Waals surface area contributed by atoms with Gasteiger partial charge in [-0.3, -0.25) is 0 Å². The second-order valence-electron chi connectivity index (χ2n) is 7.23. The first-order valence-electron chi connectivity index (χ1n) is 10.2. The van der Waals surface area contributed by atoms with Crippen LogP contribution in [-0.2, 0) is 6.42 Å². The number of nitrogens with zero attached hydrogens (tertiary/aromatic N) is 1. The topological polar surface area (TPSA) is 49.0 Å². The van der Waals surface area contributed by atoms with E-state index in [1.165, 1.54) is 22.9 Å². The van der Waals surface area contributed by atoms with E-state index in [1.54, 1.807) is 6.20 Å². The van der Waals surface area contributed by atoms with Crippen LogP contribution in [0.25, 0.3) is 10.8 Å². The lowest BCUT2D eigenvalue weighted by atomic mass is 10.1. The minimum Gasteiger partial charge on any atom is -0.362 e. The molecule has 156 valence electrons. The van der Waals surface area contributed by atoms with Gasteiger partial charge in [0.05, 0.1) is 11.9 Å². The molecule has 0 aliphatic rings. The smallest absolute Gasteiger partial charge is 0.170 e. The second-order valence-corrected chi connectivity index (χ2v) is 7.64. The van der Waals surface area contributed by atoms with Gasteiger partial charge in [-0.05, 0) is 77.8 Å². The Morgan fingerprint density at radius 1 is 0.871 bits per heavy atom. The van der Waals surface area contributed by atoms with Crippen molar-refractivity contribution in [2.24, 2.45) is 0 Å². The van der Waals surface area contributed by atoms with Crippen molar-refractivity contribution < 1.29 is 4.39 Å². The molecule has 0 saturated heterocycles. The average molecular weight is 431 g/mol. The highest BCUT2D eigenvalue weighted by Gasteiger charge is 2.02. The molecular weight excluding hydrogens is 407 g/mol. The third kappa shape index (κ3) is 5.99. The van der Waals surface area contributed by atoms with Gasteiger partial charge >= 0.3 is 0 Å². The summed E-state index contributed by atoms with van der Waals surface area (Å²) in [6.45, 7) is 0.734. The third-order valence-corrected chi connectivity index (χ3v) is 5.13. The van der Waals surface area contributed by atoms with Gasteiger partial charge in [-0.2, -0.15) is 0 Å². The Morgan fingerprint density at radius 3 is 2.42 bits per heavy atom. The minimum absolute atomic E-state index is 0.209. The lowest BCUT2D eigenvalue weighted by molar-refractivity contribution is 0.626. The maximum Gasteiger partial charge on any atom is 0.170 e. The quantitative estimate of drug-likeness (QED) is 0.247. The lowest BCUT2D eigenvalue weighted by Gasteiger charge is -2.11. The first-order valence-corrected chi connectivity index (χ1v) is 10.6. The molecule has 0 amide bonds. The summed E-state index contributed by atoms with van der Waals surface area (Å²) in [5.41, 5.74) is 2.92. The first-order chi connectivity index (χ1) is 15.2. The van der Waals surface area contributed by atoms with Crippen molar-refractivity contribution in [3.63, 3.8) is 0 Å². The zero-order valence-electron chi connectivity index (χ0n) is 16.9. The van der Waals surface area contributed by atoms with Crippen molar-refractivity contribution in [3.8, 4) is 0 Å². The van der Waals surface area contributed by atoms with Gasteiger partial charge in [-0.1, -0.05) is 42.5 Å². The van der Waals surface area contributed by atoms with Gasteiger partial charge in [0.2, 0.25) is 0 Å². The summed E-state index contributed by atoms with van der Waals surface area (Å²) < 4.78 is 12.9. The number of benzene rings is 3. The van der Waals surface area contributed by atoms with Crippen LogP contribution in [0.4, 0.5) is 21.6 Å². The fraction of sp³-hybridized carbons (Fsp3) is 0.120. The maximum absolute atomic E-state index is 12.9.